The molecule has 1 unspecified atom stereocenters. The molecule has 10 heteroatoms. The van der Waals surface area contributed by atoms with Crippen LogP contribution in [0.4, 0.5) is 19.4 Å². The number of aromatic nitrogens is 1. The smallest absolute Gasteiger partial charge is 0.410 e. The standard InChI is InChI=1S/C29H29ClF2N4O3/c1-29(2,3)39-28(37)35-14-12-34(13-15-35)25-17-22(19-9-8-18(31)16-24(19)32)20-10-11-36(38)27(26(20)33-25)21-6-4-5-7-23(21)30/h4-11,16-17,27,38H,12-15H2,1-3H3. The lowest BCUT2D eigenvalue weighted by Crippen LogP contribution is -2.50. The molecule has 1 amide bonds. The summed E-state index contributed by atoms with van der Waals surface area (Å²) in [6.45, 7) is 7.22. The number of benzene rings is 2. The molecule has 204 valence electrons. The number of piperazine rings is 1. The molecule has 39 heavy (non-hydrogen) atoms. The van der Waals surface area contributed by atoms with Crippen LogP contribution in [0.3, 0.4) is 0 Å². The summed E-state index contributed by atoms with van der Waals surface area (Å²) < 4.78 is 34.4. The van der Waals surface area contributed by atoms with Crippen molar-refractivity contribution in [2.24, 2.45) is 0 Å². The number of nitrogens with zero attached hydrogens (tertiary/aromatic N) is 4. The van der Waals surface area contributed by atoms with Crippen LogP contribution in [0.2, 0.25) is 5.02 Å². The first kappa shape index (κ1) is 26.9. The second kappa shape index (κ2) is 10.5. The molecule has 0 spiro atoms. The van der Waals surface area contributed by atoms with E-state index in [1.165, 1.54) is 18.3 Å². The topological polar surface area (TPSA) is 69.1 Å². The van der Waals surface area contributed by atoms with Crippen molar-refractivity contribution >= 4 is 29.6 Å². The highest BCUT2D eigenvalue weighted by atomic mass is 35.5. The van der Waals surface area contributed by atoms with Crippen LogP contribution < -0.4 is 4.90 Å². The lowest BCUT2D eigenvalue weighted by molar-refractivity contribution is -0.0696. The molecule has 5 rings (SSSR count). The lowest BCUT2D eigenvalue weighted by Gasteiger charge is -2.37. The highest BCUT2D eigenvalue weighted by Gasteiger charge is 2.33. The predicted octanol–water partition coefficient (Wildman–Crippen LogP) is 6.50. The Kier molecular flexibility index (Phi) is 7.22. The summed E-state index contributed by atoms with van der Waals surface area (Å²) in [4.78, 5) is 21.1. The number of amides is 1. The zero-order chi connectivity index (χ0) is 27.9. The number of rotatable bonds is 3. The van der Waals surface area contributed by atoms with E-state index in [2.05, 4.69) is 0 Å². The van der Waals surface area contributed by atoms with E-state index in [4.69, 9.17) is 21.3 Å². The summed E-state index contributed by atoms with van der Waals surface area (Å²) in [7, 11) is 0. The van der Waals surface area contributed by atoms with Crippen molar-refractivity contribution in [1.29, 1.82) is 0 Å². The van der Waals surface area contributed by atoms with E-state index in [0.29, 0.717) is 59.4 Å². The van der Waals surface area contributed by atoms with Gasteiger partial charge in [0, 0.05) is 60.2 Å². The number of hydroxylamine groups is 2. The number of hydrogen-bond donors (Lipinski definition) is 1. The van der Waals surface area contributed by atoms with Crippen LogP contribution >= 0.6 is 11.6 Å². The van der Waals surface area contributed by atoms with Gasteiger partial charge in [-0.15, -0.1) is 0 Å². The van der Waals surface area contributed by atoms with E-state index in [-0.39, 0.29) is 11.7 Å². The van der Waals surface area contributed by atoms with Crippen molar-refractivity contribution in [3.63, 3.8) is 0 Å². The van der Waals surface area contributed by atoms with Crippen LogP contribution in [0, 0.1) is 11.6 Å². The van der Waals surface area contributed by atoms with E-state index >= 15 is 4.39 Å². The van der Waals surface area contributed by atoms with Gasteiger partial charge in [-0.1, -0.05) is 29.8 Å². The van der Waals surface area contributed by atoms with E-state index in [1.807, 2.05) is 31.7 Å². The molecule has 1 aromatic heterocycles. The minimum atomic E-state index is -0.760. The molecule has 0 bridgehead atoms. The maximum Gasteiger partial charge on any atom is 0.410 e. The molecule has 0 saturated carbocycles. The van der Waals surface area contributed by atoms with Gasteiger partial charge in [0.2, 0.25) is 0 Å². The van der Waals surface area contributed by atoms with Crippen LogP contribution in [-0.2, 0) is 4.74 Å². The van der Waals surface area contributed by atoms with Crippen molar-refractivity contribution in [2.45, 2.75) is 32.4 Å². The summed E-state index contributed by atoms with van der Waals surface area (Å²) in [6, 6.07) is 11.6. The van der Waals surface area contributed by atoms with Gasteiger partial charge in [-0.25, -0.2) is 18.6 Å². The summed E-state index contributed by atoms with van der Waals surface area (Å²) in [5, 5.41) is 12.3. The third kappa shape index (κ3) is 5.55. The van der Waals surface area contributed by atoms with E-state index < -0.39 is 23.3 Å². The first-order valence-electron chi connectivity index (χ1n) is 12.6. The Morgan fingerprint density at radius 2 is 1.77 bits per heavy atom. The Labute approximate surface area is 230 Å². The number of fused-ring (bicyclic) bond motifs is 1. The van der Waals surface area contributed by atoms with Crippen LogP contribution in [0.15, 0.2) is 54.7 Å². The van der Waals surface area contributed by atoms with Crippen LogP contribution in [0.25, 0.3) is 17.2 Å². The number of anilines is 1. The molecule has 3 heterocycles. The number of ether oxygens (including phenoxy) is 1. The quantitative estimate of drug-likeness (QED) is 0.398. The van der Waals surface area contributed by atoms with E-state index in [0.717, 1.165) is 11.1 Å². The van der Waals surface area contributed by atoms with Crippen molar-refractivity contribution in [3.8, 4) is 11.1 Å². The fourth-order valence-corrected chi connectivity index (χ4v) is 5.07. The molecule has 2 aliphatic heterocycles. The SMILES string of the molecule is CC(C)(C)OC(=O)N1CCN(c2cc(-c3ccc(F)cc3F)c3c(n2)C(c2ccccc2Cl)N(O)C=C3)CC1. The Morgan fingerprint density at radius 3 is 2.44 bits per heavy atom. The molecule has 2 aliphatic rings. The zero-order valence-electron chi connectivity index (χ0n) is 21.9. The van der Waals surface area contributed by atoms with Crippen molar-refractivity contribution in [1.82, 2.24) is 14.9 Å². The second-order valence-electron chi connectivity index (χ2n) is 10.5. The average molecular weight is 555 g/mol. The summed E-state index contributed by atoms with van der Waals surface area (Å²) in [5.74, 6) is -0.848. The van der Waals surface area contributed by atoms with Gasteiger partial charge in [0.25, 0.3) is 0 Å². The van der Waals surface area contributed by atoms with Gasteiger partial charge in [0.1, 0.15) is 29.1 Å². The Bertz CT molecular complexity index is 1430. The Balaban J connectivity index is 1.57. The molecule has 2 aromatic carbocycles. The van der Waals surface area contributed by atoms with Crippen LogP contribution in [0.1, 0.15) is 43.6 Å². The summed E-state index contributed by atoms with van der Waals surface area (Å²) >= 11 is 6.52. The fourth-order valence-electron chi connectivity index (χ4n) is 4.83. The number of halogens is 3. The minimum Gasteiger partial charge on any atom is -0.444 e. The van der Waals surface area contributed by atoms with Gasteiger partial charge in [0.15, 0.2) is 0 Å². The molecule has 1 fully saturated rings. The molecule has 1 N–H and O–H groups in total. The predicted molar refractivity (Wildman–Crippen MR) is 146 cm³/mol. The Morgan fingerprint density at radius 1 is 1.05 bits per heavy atom. The molecule has 0 radical (unpaired) electrons. The van der Waals surface area contributed by atoms with Crippen LogP contribution in [0.5, 0.6) is 0 Å². The highest BCUT2D eigenvalue weighted by molar-refractivity contribution is 6.31. The van der Waals surface area contributed by atoms with Gasteiger partial charge in [-0.05, 0) is 56.7 Å². The first-order valence-corrected chi connectivity index (χ1v) is 13.0. The molecular weight excluding hydrogens is 526 g/mol. The monoisotopic (exact) mass is 554 g/mol. The molecule has 1 saturated heterocycles. The van der Waals surface area contributed by atoms with Gasteiger partial charge in [0.05, 0.1) is 5.69 Å². The number of hydrogen-bond acceptors (Lipinski definition) is 6. The van der Waals surface area contributed by atoms with Gasteiger partial charge in [-0.2, -0.15) is 0 Å². The van der Waals surface area contributed by atoms with Crippen molar-refractivity contribution in [2.75, 3.05) is 31.1 Å². The molecule has 1 atom stereocenters. The van der Waals surface area contributed by atoms with Gasteiger partial charge in [-0.3, -0.25) is 10.3 Å². The normalized spacial score (nSPS) is 17.3. The van der Waals surface area contributed by atoms with Gasteiger partial charge >= 0.3 is 6.09 Å². The second-order valence-corrected chi connectivity index (χ2v) is 10.9. The van der Waals surface area contributed by atoms with E-state index in [1.54, 1.807) is 35.2 Å². The Hall–Kier alpha value is -3.69. The van der Waals surface area contributed by atoms with Crippen molar-refractivity contribution < 1.29 is 23.5 Å². The minimum absolute atomic E-state index is 0.206. The molecule has 0 aliphatic carbocycles. The maximum absolute atomic E-state index is 15.1. The molecule has 3 aromatic rings. The van der Waals surface area contributed by atoms with Crippen LogP contribution in [-0.4, -0.2) is 58.0 Å². The highest BCUT2D eigenvalue weighted by Crippen LogP contribution is 2.42. The largest absolute Gasteiger partial charge is 0.444 e. The van der Waals surface area contributed by atoms with Gasteiger partial charge < -0.3 is 14.5 Å². The third-order valence-corrected chi connectivity index (χ3v) is 7.01. The maximum atomic E-state index is 15.1. The fraction of sp³-hybridized carbons (Fsp3) is 0.310. The number of pyridine rings is 1. The lowest BCUT2D eigenvalue weighted by atomic mass is 9.90. The first-order chi connectivity index (χ1) is 18.5. The van der Waals surface area contributed by atoms with E-state index in [9.17, 15) is 14.4 Å². The molecular formula is C29H29ClF2N4O3. The third-order valence-electron chi connectivity index (χ3n) is 6.67. The molecule has 7 nitrogen and oxygen atoms in total. The zero-order valence-corrected chi connectivity index (χ0v) is 22.6. The summed E-state index contributed by atoms with van der Waals surface area (Å²) in [6.07, 6.45) is 2.75. The number of carbonyl (C=O) groups is 1. The summed E-state index contributed by atoms with van der Waals surface area (Å²) in [5.41, 5.74) is 1.80. The van der Waals surface area contributed by atoms with Crippen molar-refractivity contribution in [3.05, 3.63) is 88.2 Å². The number of carbonyl (C=O) groups excluding carboxylic acids is 1. The average Bonchev–Trinajstić information content (AvgIpc) is 2.88.